The highest BCUT2D eigenvalue weighted by molar-refractivity contribution is 7.90. The monoisotopic (exact) mass is 280 g/mol. The van der Waals surface area contributed by atoms with Gasteiger partial charge in [0, 0.05) is 6.26 Å². The van der Waals surface area contributed by atoms with Crippen LogP contribution in [0.15, 0.2) is 41.6 Å². The van der Waals surface area contributed by atoms with Crippen molar-refractivity contribution in [2.75, 3.05) is 11.7 Å². The van der Waals surface area contributed by atoms with Gasteiger partial charge >= 0.3 is 0 Å². The molecule has 0 aliphatic carbocycles. The van der Waals surface area contributed by atoms with Gasteiger partial charge < -0.3 is 10.2 Å². The SMILES string of the molecule is CS(=O)(=O)c1cccc(Oc2cncc(NN)n2)c1. The molecule has 0 atom stereocenters. The quantitative estimate of drug-likeness (QED) is 0.634. The summed E-state index contributed by atoms with van der Waals surface area (Å²) in [5, 5.41) is 0. The lowest BCUT2D eigenvalue weighted by Gasteiger charge is -2.06. The molecule has 0 spiro atoms. The topological polar surface area (TPSA) is 107 Å². The molecule has 0 aliphatic rings. The number of nitrogens with one attached hydrogen (secondary N) is 1. The fraction of sp³-hybridized carbons (Fsp3) is 0.0909. The summed E-state index contributed by atoms with van der Waals surface area (Å²) in [7, 11) is -3.28. The smallest absolute Gasteiger partial charge is 0.239 e. The Kier molecular flexibility index (Phi) is 3.63. The number of rotatable bonds is 4. The average molecular weight is 280 g/mol. The van der Waals surface area contributed by atoms with Gasteiger partial charge in [0.1, 0.15) is 5.75 Å². The molecule has 7 nitrogen and oxygen atoms in total. The first-order valence-electron chi connectivity index (χ1n) is 5.25. The second-order valence-electron chi connectivity index (χ2n) is 3.74. The van der Waals surface area contributed by atoms with Crippen molar-refractivity contribution < 1.29 is 13.2 Å². The summed E-state index contributed by atoms with van der Waals surface area (Å²) >= 11 is 0. The predicted octanol–water partition coefficient (Wildman–Crippen LogP) is 0.958. The van der Waals surface area contributed by atoms with Gasteiger partial charge in [-0.05, 0) is 18.2 Å². The third-order valence-corrected chi connectivity index (χ3v) is 3.33. The van der Waals surface area contributed by atoms with Gasteiger partial charge in [-0.3, -0.25) is 4.98 Å². The summed E-state index contributed by atoms with van der Waals surface area (Å²) in [4.78, 5) is 8.05. The van der Waals surface area contributed by atoms with E-state index in [1.54, 1.807) is 12.1 Å². The summed E-state index contributed by atoms with van der Waals surface area (Å²) in [5.74, 6) is 6.11. The summed E-state index contributed by atoms with van der Waals surface area (Å²) < 4.78 is 28.3. The maximum atomic E-state index is 11.4. The molecule has 0 bridgehead atoms. The minimum Gasteiger partial charge on any atom is -0.437 e. The minimum absolute atomic E-state index is 0.172. The van der Waals surface area contributed by atoms with E-state index in [9.17, 15) is 8.42 Å². The van der Waals surface area contributed by atoms with E-state index in [0.717, 1.165) is 6.26 Å². The first kappa shape index (κ1) is 13.2. The van der Waals surface area contributed by atoms with Gasteiger partial charge in [0.2, 0.25) is 5.88 Å². The summed E-state index contributed by atoms with van der Waals surface area (Å²) in [5.41, 5.74) is 2.34. The van der Waals surface area contributed by atoms with Gasteiger partial charge in [0.05, 0.1) is 17.3 Å². The molecule has 0 radical (unpaired) electrons. The molecule has 2 rings (SSSR count). The van der Waals surface area contributed by atoms with Crippen LogP contribution in [0.5, 0.6) is 11.6 Å². The van der Waals surface area contributed by atoms with Crippen molar-refractivity contribution in [1.29, 1.82) is 0 Å². The van der Waals surface area contributed by atoms with Crippen molar-refractivity contribution in [1.82, 2.24) is 9.97 Å². The summed E-state index contributed by atoms with van der Waals surface area (Å²) in [6, 6.07) is 6.12. The zero-order valence-corrected chi connectivity index (χ0v) is 10.9. The van der Waals surface area contributed by atoms with E-state index < -0.39 is 9.84 Å². The van der Waals surface area contributed by atoms with Crippen LogP contribution < -0.4 is 16.0 Å². The van der Waals surface area contributed by atoms with Crippen LogP contribution in [0.4, 0.5) is 5.82 Å². The van der Waals surface area contributed by atoms with Crippen molar-refractivity contribution in [2.45, 2.75) is 4.90 Å². The van der Waals surface area contributed by atoms with Crippen molar-refractivity contribution >= 4 is 15.7 Å². The van der Waals surface area contributed by atoms with Crippen LogP contribution in [0, 0.1) is 0 Å². The maximum absolute atomic E-state index is 11.4. The minimum atomic E-state index is -3.28. The molecular weight excluding hydrogens is 268 g/mol. The molecule has 0 fully saturated rings. The Morgan fingerprint density at radius 2 is 2.11 bits per heavy atom. The average Bonchev–Trinajstić information content (AvgIpc) is 2.38. The van der Waals surface area contributed by atoms with Gasteiger partial charge in [-0.1, -0.05) is 6.07 Å². The molecule has 0 aliphatic heterocycles. The fourth-order valence-corrected chi connectivity index (χ4v) is 2.01. The third kappa shape index (κ3) is 3.39. The molecule has 8 heteroatoms. The fourth-order valence-electron chi connectivity index (χ4n) is 1.36. The lowest BCUT2D eigenvalue weighted by Crippen LogP contribution is -2.09. The van der Waals surface area contributed by atoms with E-state index in [2.05, 4.69) is 15.4 Å². The van der Waals surface area contributed by atoms with E-state index in [-0.39, 0.29) is 10.8 Å². The van der Waals surface area contributed by atoms with Gasteiger partial charge in [-0.25, -0.2) is 14.3 Å². The molecule has 3 N–H and O–H groups in total. The van der Waals surface area contributed by atoms with Crippen LogP contribution in [-0.2, 0) is 9.84 Å². The van der Waals surface area contributed by atoms with E-state index in [1.807, 2.05) is 0 Å². The Hall–Kier alpha value is -2.19. The molecule has 1 heterocycles. The van der Waals surface area contributed by atoms with Crippen molar-refractivity contribution in [3.8, 4) is 11.6 Å². The van der Waals surface area contributed by atoms with Crippen LogP contribution >= 0.6 is 0 Å². The summed E-state index contributed by atoms with van der Waals surface area (Å²) in [6.45, 7) is 0. The number of hydrogen-bond donors (Lipinski definition) is 2. The molecular formula is C11H12N4O3S. The number of aromatic nitrogens is 2. The van der Waals surface area contributed by atoms with E-state index >= 15 is 0 Å². The first-order chi connectivity index (χ1) is 8.99. The highest BCUT2D eigenvalue weighted by Gasteiger charge is 2.09. The predicted molar refractivity (Wildman–Crippen MR) is 69.5 cm³/mol. The van der Waals surface area contributed by atoms with Crippen molar-refractivity contribution in [3.05, 3.63) is 36.7 Å². The molecule has 0 amide bonds. The van der Waals surface area contributed by atoms with Crippen molar-refractivity contribution in [3.63, 3.8) is 0 Å². The van der Waals surface area contributed by atoms with Gasteiger partial charge in [0.15, 0.2) is 15.7 Å². The van der Waals surface area contributed by atoms with Crippen LogP contribution in [0.1, 0.15) is 0 Å². The molecule has 19 heavy (non-hydrogen) atoms. The Balaban J connectivity index is 2.28. The van der Waals surface area contributed by atoms with Gasteiger partial charge in [-0.15, -0.1) is 0 Å². The molecule has 1 aromatic carbocycles. The third-order valence-electron chi connectivity index (χ3n) is 2.22. The molecule has 2 aromatic rings. The highest BCUT2D eigenvalue weighted by Crippen LogP contribution is 2.22. The zero-order valence-electron chi connectivity index (χ0n) is 10.1. The maximum Gasteiger partial charge on any atom is 0.239 e. The number of ether oxygens (including phenoxy) is 1. The molecule has 1 aromatic heterocycles. The highest BCUT2D eigenvalue weighted by atomic mass is 32.2. The standard InChI is InChI=1S/C11H12N4O3S/c1-19(16,17)9-4-2-3-8(5-9)18-11-7-13-6-10(14-11)15-12/h2-7H,12H2,1H3,(H,14,15). The summed E-state index contributed by atoms with van der Waals surface area (Å²) in [6.07, 6.45) is 3.96. The zero-order chi connectivity index (χ0) is 13.9. The van der Waals surface area contributed by atoms with Crippen LogP contribution in [-0.4, -0.2) is 24.6 Å². The second-order valence-corrected chi connectivity index (χ2v) is 5.75. The van der Waals surface area contributed by atoms with Gasteiger partial charge in [-0.2, -0.15) is 4.98 Å². The van der Waals surface area contributed by atoms with Crippen molar-refractivity contribution in [2.24, 2.45) is 5.84 Å². The lowest BCUT2D eigenvalue weighted by molar-refractivity contribution is 0.459. The lowest BCUT2D eigenvalue weighted by atomic mass is 10.3. The van der Waals surface area contributed by atoms with Gasteiger partial charge in [0.25, 0.3) is 0 Å². The Labute approximate surface area is 110 Å². The van der Waals surface area contributed by atoms with Crippen LogP contribution in [0.25, 0.3) is 0 Å². The second kappa shape index (κ2) is 5.21. The molecule has 0 unspecified atom stereocenters. The number of hydrazine groups is 1. The number of nitrogens with two attached hydrogens (primary N) is 1. The number of hydrogen-bond acceptors (Lipinski definition) is 7. The number of nitrogen functional groups attached to an aromatic ring is 1. The Morgan fingerprint density at radius 1 is 1.32 bits per heavy atom. The van der Waals surface area contributed by atoms with E-state index in [0.29, 0.717) is 11.6 Å². The Morgan fingerprint density at radius 3 is 2.79 bits per heavy atom. The molecule has 100 valence electrons. The first-order valence-corrected chi connectivity index (χ1v) is 7.15. The molecule has 0 saturated carbocycles. The van der Waals surface area contributed by atoms with Crippen LogP contribution in [0.3, 0.4) is 0 Å². The number of nitrogens with zero attached hydrogens (tertiary/aromatic N) is 2. The Bertz CT molecular complexity index is 688. The molecule has 0 saturated heterocycles. The van der Waals surface area contributed by atoms with E-state index in [1.165, 1.54) is 24.5 Å². The van der Waals surface area contributed by atoms with Crippen LogP contribution in [0.2, 0.25) is 0 Å². The normalized spacial score (nSPS) is 11.1. The largest absolute Gasteiger partial charge is 0.437 e. The number of benzene rings is 1. The van der Waals surface area contributed by atoms with E-state index in [4.69, 9.17) is 10.6 Å². The number of anilines is 1. The number of sulfone groups is 1.